The van der Waals surface area contributed by atoms with Crippen LogP contribution in [0.1, 0.15) is 17.3 Å². The van der Waals surface area contributed by atoms with Crippen LogP contribution in [-0.2, 0) is 4.79 Å². The van der Waals surface area contributed by atoms with Gasteiger partial charge in [0.2, 0.25) is 6.10 Å². The SMILES string of the molecule is CC(C(=O)c1c[nH]c2ccccc12)N1CCN(C(=O)C2COc3ccccc3O2)CC1. The number of rotatable bonds is 4. The molecule has 7 heteroatoms. The number of ketones is 1. The van der Waals surface area contributed by atoms with E-state index in [-0.39, 0.29) is 24.3 Å². The van der Waals surface area contributed by atoms with E-state index in [0.29, 0.717) is 43.2 Å². The summed E-state index contributed by atoms with van der Waals surface area (Å²) >= 11 is 0. The van der Waals surface area contributed by atoms with Crippen molar-refractivity contribution in [2.24, 2.45) is 0 Å². The lowest BCUT2D eigenvalue weighted by Gasteiger charge is -2.39. The number of Topliss-reactive ketones (excluding diaryl/α,β-unsaturated/α-hetero) is 1. The van der Waals surface area contributed by atoms with E-state index in [0.717, 1.165) is 10.9 Å². The van der Waals surface area contributed by atoms with Crippen LogP contribution >= 0.6 is 0 Å². The van der Waals surface area contributed by atoms with Crippen molar-refractivity contribution in [3.63, 3.8) is 0 Å². The van der Waals surface area contributed by atoms with Gasteiger partial charge < -0.3 is 19.4 Å². The molecule has 160 valence electrons. The van der Waals surface area contributed by atoms with Crippen molar-refractivity contribution in [3.05, 3.63) is 60.3 Å². The molecule has 1 saturated heterocycles. The Labute approximate surface area is 180 Å². The molecule has 2 unspecified atom stereocenters. The average Bonchev–Trinajstić information content (AvgIpc) is 3.26. The van der Waals surface area contributed by atoms with Gasteiger partial charge in [0.25, 0.3) is 5.91 Å². The van der Waals surface area contributed by atoms with Gasteiger partial charge in [-0.2, -0.15) is 0 Å². The summed E-state index contributed by atoms with van der Waals surface area (Å²) < 4.78 is 11.5. The summed E-state index contributed by atoms with van der Waals surface area (Å²) in [6, 6.07) is 15.0. The van der Waals surface area contributed by atoms with E-state index in [9.17, 15) is 9.59 Å². The van der Waals surface area contributed by atoms with Crippen molar-refractivity contribution in [1.29, 1.82) is 0 Å². The number of carbonyl (C=O) groups is 2. The highest BCUT2D eigenvalue weighted by atomic mass is 16.6. The quantitative estimate of drug-likeness (QED) is 0.659. The van der Waals surface area contributed by atoms with Gasteiger partial charge in [-0.3, -0.25) is 14.5 Å². The van der Waals surface area contributed by atoms with Gasteiger partial charge in [-0.25, -0.2) is 0 Å². The van der Waals surface area contributed by atoms with E-state index in [1.54, 1.807) is 11.1 Å². The standard InChI is InChI=1S/C24H25N3O4/c1-16(23(28)18-14-25-19-7-3-2-6-17(18)19)26-10-12-27(13-11-26)24(29)22-15-30-20-8-4-5-9-21(20)31-22/h2-9,14,16,22,25H,10-13,15H2,1H3. The van der Waals surface area contributed by atoms with Gasteiger partial charge in [-0.1, -0.05) is 30.3 Å². The van der Waals surface area contributed by atoms with Crippen LogP contribution in [0.25, 0.3) is 10.9 Å². The first kappa shape index (κ1) is 19.6. The Morgan fingerprint density at radius 1 is 1.00 bits per heavy atom. The van der Waals surface area contributed by atoms with Gasteiger partial charge in [-0.15, -0.1) is 0 Å². The Kier molecular flexibility index (Phi) is 5.11. The third-order valence-corrected chi connectivity index (χ3v) is 6.19. The number of para-hydroxylation sites is 3. The monoisotopic (exact) mass is 419 g/mol. The number of nitrogens with one attached hydrogen (secondary N) is 1. The molecule has 0 aliphatic carbocycles. The maximum Gasteiger partial charge on any atom is 0.267 e. The molecule has 1 aromatic heterocycles. The summed E-state index contributed by atoms with van der Waals surface area (Å²) in [6.45, 7) is 4.57. The average molecular weight is 419 g/mol. The first-order valence-corrected chi connectivity index (χ1v) is 10.6. The number of ether oxygens (including phenoxy) is 2. The Bertz CT molecular complexity index is 1120. The van der Waals surface area contributed by atoms with Crippen molar-refractivity contribution in [2.75, 3.05) is 32.8 Å². The second-order valence-electron chi connectivity index (χ2n) is 8.01. The van der Waals surface area contributed by atoms with Crippen LogP contribution < -0.4 is 9.47 Å². The number of benzene rings is 2. The smallest absolute Gasteiger partial charge is 0.267 e. The molecule has 2 aromatic carbocycles. The molecule has 0 spiro atoms. The Morgan fingerprint density at radius 3 is 2.52 bits per heavy atom. The molecule has 0 saturated carbocycles. The minimum atomic E-state index is -0.633. The molecule has 3 aromatic rings. The normalized spacial score (nSPS) is 19.9. The van der Waals surface area contributed by atoms with Crippen molar-refractivity contribution >= 4 is 22.6 Å². The van der Waals surface area contributed by atoms with Gasteiger partial charge in [-0.05, 0) is 25.1 Å². The van der Waals surface area contributed by atoms with Gasteiger partial charge in [0, 0.05) is 48.8 Å². The minimum absolute atomic E-state index is 0.0650. The predicted octanol–water partition coefficient (Wildman–Crippen LogP) is 2.72. The highest BCUT2D eigenvalue weighted by Crippen LogP contribution is 2.31. The maximum atomic E-state index is 13.1. The third kappa shape index (κ3) is 3.65. The van der Waals surface area contributed by atoms with E-state index in [1.807, 2.05) is 55.5 Å². The molecule has 1 N–H and O–H groups in total. The summed E-state index contributed by atoms with van der Waals surface area (Å²) in [4.78, 5) is 33.2. The number of aromatic amines is 1. The Morgan fingerprint density at radius 2 is 1.71 bits per heavy atom. The van der Waals surface area contributed by atoms with Gasteiger partial charge in [0.05, 0.1) is 6.04 Å². The molecular formula is C24H25N3O4. The fraction of sp³-hybridized carbons (Fsp3) is 0.333. The molecule has 0 radical (unpaired) electrons. The van der Waals surface area contributed by atoms with E-state index in [4.69, 9.17) is 9.47 Å². The zero-order chi connectivity index (χ0) is 21.4. The molecule has 5 rings (SSSR count). The fourth-order valence-corrected chi connectivity index (χ4v) is 4.34. The third-order valence-electron chi connectivity index (χ3n) is 6.19. The summed E-state index contributed by atoms with van der Waals surface area (Å²) in [7, 11) is 0. The first-order valence-electron chi connectivity index (χ1n) is 10.6. The summed E-state index contributed by atoms with van der Waals surface area (Å²) in [5.74, 6) is 1.30. The molecule has 2 atom stereocenters. The lowest BCUT2D eigenvalue weighted by molar-refractivity contribution is -0.143. The number of H-pyrrole nitrogens is 1. The van der Waals surface area contributed by atoms with E-state index in [1.165, 1.54) is 0 Å². The molecule has 2 aliphatic heterocycles. The van der Waals surface area contributed by atoms with Crippen LogP contribution in [0.5, 0.6) is 11.5 Å². The Balaban J connectivity index is 1.20. The topological polar surface area (TPSA) is 74.9 Å². The van der Waals surface area contributed by atoms with Crippen LogP contribution in [0.2, 0.25) is 0 Å². The Hall–Kier alpha value is -3.32. The van der Waals surface area contributed by atoms with Crippen molar-refractivity contribution in [3.8, 4) is 11.5 Å². The maximum absolute atomic E-state index is 13.1. The van der Waals surface area contributed by atoms with Crippen LogP contribution in [0.4, 0.5) is 0 Å². The highest BCUT2D eigenvalue weighted by Gasteiger charge is 2.34. The van der Waals surface area contributed by atoms with Crippen molar-refractivity contribution < 1.29 is 19.1 Å². The molecule has 1 fully saturated rings. The number of nitrogens with zero attached hydrogens (tertiary/aromatic N) is 2. The molecule has 3 heterocycles. The van der Waals surface area contributed by atoms with Crippen LogP contribution in [0.15, 0.2) is 54.7 Å². The van der Waals surface area contributed by atoms with Crippen LogP contribution in [0.3, 0.4) is 0 Å². The van der Waals surface area contributed by atoms with Gasteiger partial charge >= 0.3 is 0 Å². The lowest BCUT2D eigenvalue weighted by atomic mass is 10.0. The largest absolute Gasteiger partial charge is 0.485 e. The number of carbonyl (C=O) groups excluding carboxylic acids is 2. The molecular weight excluding hydrogens is 394 g/mol. The minimum Gasteiger partial charge on any atom is -0.485 e. The number of hydrogen-bond acceptors (Lipinski definition) is 5. The van der Waals surface area contributed by atoms with Crippen LogP contribution in [-0.4, -0.2) is 71.4 Å². The molecule has 2 aliphatic rings. The fourth-order valence-electron chi connectivity index (χ4n) is 4.34. The second kappa shape index (κ2) is 8.07. The second-order valence-corrected chi connectivity index (χ2v) is 8.01. The molecule has 1 amide bonds. The van der Waals surface area contributed by atoms with Crippen LogP contribution in [0, 0.1) is 0 Å². The summed E-state index contributed by atoms with van der Waals surface area (Å²) in [5, 5.41) is 0.947. The van der Waals surface area contributed by atoms with Crippen molar-refractivity contribution in [2.45, 2.75) is 19.1 Å². The predicted molar refractivity (Wildman–Crippen MR) is 117 cm³/mol. The van der Waals surface area contributed by atoms with E-state index < -0.39 is 6.10 Å². The first-order chi connectivity index (χ1) is 15.1. The highest BCUT2D eigenvalue weighted by molar-refractivity contribution is 6.10. The number of amides is 1. The number of piperazine rings is 1. The molecule has 31 heavy (non-hydrogen) atoms. The van der Waals surface area contributed by atoms with E-state index in [2.05, 4.69) is 9.88 Å². The number of hydrogen-bond donors (Lipinski definition) is 1. The molecule has 7 nitrogen and oxygen atoms in total. The summed E-state index contributed by atoms with van der Waals surface area (Å²) in [5.41, 5.74) is 1.68. The number of fused-ring (bicyclic) bond motifs is 2. The van der Waals surface area contributed by atoms with Gasteiger partial charge in [0.1, 0.15) is 6.61 Å². The zero-order valence-corrected chi connectivity index (χ0v) is 17.4. The lowest BCUT2D eigenvalue weighted by Crippen LogP contribution is -2.56. The van der Waals surface area contributed by atoms with Crippen molar-refractivity contribution in [1.82, 2.24) is 14.8 Å². The summed E-state index contributed by atoms with van der Waals surface area (Å²) in [6.07, 6.45) is 1.16. The molecule has 0 bridgehead atoms. The zero-order valence-electron chi connectivity index (χ0n) is 17.4. The van der Waals surface area contributed by atoms with Gasteiger partial charge in [0.15, 0.2) is 17.3 Å². The van der Waals surface area contributed by atoms with E-state index >= 15 is 0 Å². The number of aromatic nitrogens is 1.